The van der Waals surface area contributed by atoms with Gasteiger partial charge >= 0.3 is 5.97 Å². The minimum Gasteiger partial charge on any atom is -0.480 e. The lowest BCUT2D eigenvalue weighted by Gasteiger charge is -2.16. The Balaban J connectivity index is 0.000001000. The monoisotopic (exact) mass is 197 g/mol. The van der Waals surface area contributed by atoms with Crippen molar-refractivity contribution in [3.05, 3.63) is 0 Å². The summed E-state index contributed by atoms with van der Waals surface area (Å²) in [5, 5.41) is 11.6. The predicted octanol–water partition coefficient (Wildman–Crippen LogP) is 0.934. The van der Waals surface area contributed by atoms with Crippen LogP contribution in [0, 0.1) is 0 Å². The van der Waals surface area contributed by atoms with E-state index in [0.29, 0.717) is 5.75 Å². The van der Waals surface area contributed by atoms with Gasteiger partial charge in [0.15, 0.2) is 0 Å². The van der Waals surface area contributed by atoms with Crippen molar-refractivity contribution in [1.82, 2.24) is 5.32 Å². The van der Waals surface area contributed by atoms with Crippen LogP contribution in [-0.2, 0) is 4.79 Å². The number of aliphatic carboxylic acids is 1. The van der Waals surface area contributed by atoms with E-state index in [9.17, 15) is 4.79 Å². The molecule has 0 aromatic carbocycles. The third kappa shape index (κ3) is 2.89. The summed E-state index contributed by atoms with van der Waals surface area (Å²) in [6, 6.07) is -0.361. The van der Waals surface area contributed by atoms with Gasteiger partial charge in [-0.3, -0.25) is 10.1 Å². The number of thioether (sulfide) groups is 1. The molecule has 3 nitrogen and oxygen atoms in total. The smallest absolute Gasteiger partial charge is 0.321 e. The van der Waals surface area contributed by atoms with Crippen molar-refractivity contribution >= 4 is 30.1 Å². The molecule has 0 aromatic rings. The first-order valence-corrected chi connectivity index (χ1v) is 4.14. The maximum absolute atomic E-state index is 10.4. The summed E-state index contributed by atoms with van der Waals surface area (Å²) >= 11 is 1.64. The van der Waals surface area contributed by atoms with E-state index in [0.717, 1.165) is 0 Å². The second kappa shape index (κ2) is 3.65. The molecule has 1 rings (SSSR count). The lowest BCUT2D eigenvalue weighted by atomic mass is 10.3. The van der Waals surface area contributed by atoms with E-state index < -0.39 is 5.97 Å². The number of carboxylic acid groups (broad SMARTS) is 1. The van der Waals surface area contributed by atoms with Crippen LogP contribution in [0.4, 0.5) is 0 Å². The zero-order chi connectivity index (χ0) is 7.78. The van der Waals surface area contributed by atoms with Crippen LogP contribution in [0.1, 0.15) is 13.8 Å². The van der Waals surface area contributed by atoms with E-state index in [1.807, 2.05) is 13.8 Å². The van der Waals surface area contributed by atoms with Gasteiger partial charge in [0.2, 0.25) is 0 Å². The summed E-state index contributed by atoms with van der Waals surface area (Å²) < 4.78 is 0. The summed E-state index contributed by atoms with van der Waals surface area (Å²) in [4.78, 5) is 10.3. The van der Waals surface area contributed by atoms with Gasteiger partial charge < -0.3 is 5.11 Å². The van der Waals surface area contributed by atoms with Crippen LogP contribution < -0.4 is 5.32 Å². The average molecular weight is 198 g/mol. The van der Waals surface area contributed by atoms with Gasteiger partial charge in [0.05, 0.1) is 4.87 Å². The second-order valence-corrected chi connectivity index (χ2v) is 4.50. The summed E-state index contributed by atoms with van der Waals surface area (Å²) in [5.41, 5.74) is 0. The SMILES string of the molecule is CC1(C)N[C@H](C(=O)O)CS1.Cl. The number of halogens is 1. The van der Waals surface area contributed by atoms with Crippen LogP contribution in [-0.4, -0.2) is 27.7 Å². The third-order valence-corrected chi connectivity index (χ3v) is 2.77. The average Bonchev–Trinajstić information content (AvgIpc) is 2.10. The Bertz CT molecular complexity index is 163. The van der Waals surface area contributed by atoms with E-state index in [-0.39, 0.29) is 23.3 Å². The molecule has 0 spiro atoms. The van der Waals surface area contributed by atoms with Crippen molar-refractivity contribution in [2.45, 2.75) is 24.8 Å². The molecule has 1 heterocycles. The van der Waals surface area contributed by atoms with E-state index in [1.165, 1.54) is 0 Å². The van der Waals surface area contributed by atoms with Gasteiger partial charge in [-0.25, -0.2) is 0 Å². The number of rotatable bonds is 1. The minimum absolute atomic E-state index is 0. The highest BCUT2D eigenvalue weighted by Gasteiger charge is 2.34. The number of carboxylic acids is 1. The van der Waals surface area contributed by atoms with Gasteiger partial charge in [-0.05, 0) is 13.8 Å². The molecule has 0 aliphatic carbocycles. The zero-order valence-electron chi connectivity index (χ0n) is 6.46. The highest BCUT2D eigenvalue weighted by molar-refractivity contribution is 8.00. The quantitative estimate of drug-likeness (QED) is 0.657. The van der Waals surface area contributed by atoms with E-state index >= 15 is 0 Å². The Morgan fingerprint density at radius 1 is 1.73 bits per heavy atom. The van der Waals surface area contributed by atoms with Gasteiger partial charge in [-0.15, -0.1) is 24.2 Å². The number of nitrogens with one attached hydrogen (secondary N) is 1. The Hall–Kier alpha value is 0.0700. The van der Waals surface area contributed by atoms with Crippen molar-refractivity contribution in [3.8, 4) is 0 Å². The van der Waals surface area contributed by atoms with Crippen LogP contribution in [0.5, 0.6) is 0 Å². The number of hydrogen-bond donors (Lipinski definition) is 2. The lowest BCUT2D eigenvalue weighted by molar-refractivity contribution is -0.138. The Labute approximate surface area is 76.3 Å². The standard InChI is InChI=1S/C6H11NO2S.ClH/c1-6(2)7-4(3-10-6)5(8)9;/h4,7H,3H2,1-2H3,(H,8,9);1H/t4-;/m0./s1. The molecule has 1 aliphatic rings. The molecule has 11 heavy (non-hydrogen) atoms. The van der Waals surface area contributed by atoms with E-state index in [4.69, 9.17) is 5.11 Å². The molecule has 5 heteroatoms. The highest BCUT2D eigenvalue weighted by Crippen LogP contribution is 2.28. The first-order chi connectivity index (χ1) is 4.51. The first kappa shape index (κ1) is 11.1. The molecule has 2 N–H and O–H groups in total. The molecule has 0 amide bonds. The lowest BCUT2D eigenvalue weighted by Crippen LogP contribution is -2.41. The topological polar surface area (TPSA) is 49.3 Å². The maximum atomic E-state index is 10.4. The van der Waals surface area contributed by atoms with Gasteiger partial charge in [0.25, 0.3) is 0 Å². The van der Waals surface area contributed by atoms with Crippen molar-refractivity contribution in [2.75, 3.05) is 5.75 Å². The predicted molar refractivity (Wildman–Crippen MR) is 48.3 cm³/mol. The summed E-state index contributed by atoms with van der Waals surface area (Å²) in [5.74, 6) is -0.0828. The summed E-state index contributed by atoms with van der Waals surface area (Å²) in [6.45, 7) is 3.97. The molecular weight excluding hydrogens is 186 g/mol. The van der Waals surface area contributed by atoms with Crippen LogP contribution in [0.25, 0.3) is 0 Å². The molecule has 0 radical (unpaired) electrons. The fourth-order valence-electron chi connectivity index (χ4n) is 0.928. The highest BCUT2D eigenvalue weighted by atomic mass is 35.5. The normalized spacial score (nSPS) is 27.6. The Morgan fingerprint density at radius 3 is 2.45 bits per heavy atom. The fraction of sp³-hybridized carbons (Fsp3) is 0.833. The van der Waals surface area contributed by atoms with Gasteiger partial charge in [0.1, 0.15) is 6.04 Å². The molecule has 0 unspecified atom stereocenters. The molecule has 1 saturated heterocycles. The van der Waals surface area contributed by atoms with Crippen LogP contribution in [0.3, 0.4) is 0 Å². The zero-order valence-corrected chi connectivity index (χ0v) is 8.09. The second-order valence-electron chi connectivity index (χ2n) is 2.86. The summed E-state index contributed by atoms with van der Waals surface area (Å²) in [7, 11) is 0. The van der Waals surface area contributed by atoms with E-state index in [1.54, 1.807) is 11.8 Å². The van der Waals surface area contributed by atoms with Crippen molar-refractivity contribution in [3.63, 3.8) is 0 Å². The molecular formula is C6H12ClNO2S. The number of hydrogen-bond acceptors (Lipinski definition) is 3. The Morgan fingerprint density at radius 2 is 2.27 bits per heavy atom. The van der Waals surface area contributed by atoms with Gasteiger partial charge in [-0.1, -0.05) is 0 Å². The molecule has 1 fully saturated rings. The molecule has 1 atom stereocenters. The van der Waals surface area contributed by atoms with Crippen LogP contribution >= 0.6 is 24.2 Å². The first-order valence-electron chi connectivity index (χ1n) is 3.16. The molecule has 0 bridgehead atoms. The number of carbonyl (C=O) groups is 1. The van der Waals surface area contributed by atoms with Crippen LogP contribution in [0.2, 0.25) is 0 Å². The molecule has 1 aliphatic heterocycles. The molecule has 0 aromatic heterocycles. The largest absolute Gasteiger partial charge is 0.480 e. The third-order valence-electron chi connectivity index (χ3n) is 1.43. The maximum Gasteiger partial charge on any atom is 0.321 e. The van der Waals surface area contributed by atoms with Crippen molar-refractivity contribution in [2.24, 2.45) is 0 Å². The van der Waals surface area contributed by atoms with E-state index in [2.05, 4.69) is 5.32 Å². The van der Waals surface area contributed by atoms with Crippen LogP contribution in [0.15, 0.2) is 0 Å². The minimum atomic E-state index is -0.752. The van der Waals surface area contributed by atoms with Gasteiger partial charge in [-0.2, -0.15) is 0 Å². The molecule has 0 saturated carbocycles. The fourth-order valence-corrected chi connectivity index (χ4v) is 1.96. The summed E-state index contributed by atoms with van der Waals surface area (Å²) in [6.07, 6.45) is 0. The molecule has 66 valence electrons. The Kier molecular flexibility index (Phi) is 3.67. The van der Waals surface area contributed by atoms with Crippen molar-refractivity contribution < 1.29 is 9.90 Å². The van der Waals surface area contributed by atoms with Gasteiger partial charge in [0, 0.05) is 5.75 Å². The van der Waals surface area contributed by atoms with Crippen molar-refractivity contribution in [1.29, 1.82) is 0 Å².